The van der Waals surface area contributed by atoms with Crippen LogP contribution in [0.5, 0.6) is 5.06 Å². The van der Waals surface area contributed by atoms with Crippen LogP contribution in [-0.4, -0.2) is 36.1 Å². The van der Waals surface area contributed by atoms with Gasteiger partial charge in [-0.25, -0.2) is 4.98 Å². The van der Waals surface area contributed by atoms with E-state index in [4.69, 9.17) is 4.74 Å². The maximum absolute atomic E-state index is 12.4. The topological polar surface area (TPSA) is 63.2 Å². The predicted molar refractivity (Wildman–Crippen MR) is 95.0 cm³/mol. The van der Waals surface area contributed by atoms with E-state index >= 15 is 0 Å². The lowest BCUT2D eigenvalue weighted by Crippen LogP contribution is -2.42. The van der Waals surface area contributed by atoms with Crippen molar-refractivity contribution in [3.05, 3.63) is 36.0 Å². The van der Waals surface area contributed by atoms with Crippen LogP contribution in [0.3, 0.4) is 0 Å². The second kappa shape index (κ2) is 6.74. The molecule has 1 amide bonds. The first-order valence-electron chi connectivity index (χ1n) is 8.06. The lowest BCUT2D eigenvalue weighted by molar-refractivity contribution is 0.0931. The number of amides is 1. The third-order valence-electron chi connectivity index (χ3n) is 4.60. The maximum Gasteiger partial charge on any atom is 0.251 e. The fraction of sp³-hybridized carbons (Fsp3) is 0.412. The SMILES string of the molecule is COc1cnc(Sc2ccc(C(=O)N[C@@H]3C[C@H]4CC[C@@H]3N4)cc2)s1. The van der Waals surface area contributed by atoms with E-state index in [1.165, 1.54) is 24.2 Å². The summed E-state index contributed by atoms with van der Waals surface area (Å²) in [6.07, 6.45) is 5.18. The van der Waals surface area contributed by atoms with Gasteiger partial charge in [-0.15, -0.1) is 0 Å². The zero-order valence-electron chi connectivity index (χ0n) is 13.3. The molecule has 0 aliphatic carbocycles. The number of hydrogen-bond acceptors (Lipinski definition) is 6. The molecule has 2 saturated heterocycles. The van der Waals surface area contributed by atoms with Gasteiger partial charge in [-0.05, 0) is 43.5 Å². The molecule has 2 aliphatic rings. The Morgan fingerprint density at radius 1 is 1.38 bits per heavy atom. The van der Waals surface area contributed by atoms with Crippen molar-refractivity contribution in [2.45, 2.75) is 46.6 Å². The van der Waals surface area contributed by atoms with Gasteiger partial charge in [-0.1, -0.05) is 23.1 Å². The number of ether oxygens (including phenoxy) is 1. The molecule has 24 heavy (non-hydrogen) atoms. The number of aromatic nitrogens is 1. The number of methoxy groups -OCH3 is 1. The van der Waals surface area contributed by atoms with Crippen molar-refractivity contribution in [1.82, 2.24) is 15.6 Å². The molecular weight excluding hydrogens is 342 g/mol. The highest BCUT2D eigenvalue weighted by Crippen LogP contribution is 2.34. The molecule has 2 N–H and O–H groups in total. The van der Waals surface area contributed by atoms with Crippen LogP contribution >= 0.6 is 23.1 Å². The van der Waals surface area contributed by atoms with Gasteiger partial charge in [0.15, 0.2) is 9.40 Å². The number of carbonyl (C=O) groups excluding carboxylic acids is 1. The summed E-state index contributed by atoms with van der Waals surface area (Å²) in [7, 11) is 1.64. The molecule has 0 unspecified atom stereocenters. The first-order valence-corrected chi connectivity index (χ1v) is 9.69. The molecule has 2 bridgehead atoms. The van der Waals surface area contributed by atoms with Crippen LogP contribution in [0.1, 0.15) is 29.6 Å². The van der Waals surface area contributed by atoms with Crippen LogP contribution < -0.4 is 15.4 Å². The lowest BCUT2D eigenvalue weighted by Gasteiger charge is -2.21. The van der Waals surface area contributed by atoms with E-state index < -0.39 is 0 Å². The normalized spacial score (nSPS) is 25.0. The van der Waals surface area contributed by atoms with Crippen molar-refractivity contribution in [2.24, 2.45) is 0 Å². The predicted octanol–water partition coefficient (Wildman–Crippen LogP) is 2.93. The summed E-state index contributed by atoms with van der Waals surface area (Å²) < 4.78 is 6.08. The standard InChI is InChI=1S/C17H19N3O2S2/c1-22-15-9-18-17(24-15)23-12-5-2-10(3-6-12)16(21)20-14-8-11-4-7-13(14)19-11/h2-3,5-6,9,11,13-14,19H,4,7-8H2,1H3,(H,20,21)/t11-,13+,14-/m1/s1. The number of hydrogen-bond donors (Lipinski definition) is 2. The smallest absolute Gasteiger partial charge is 0.251 e. The number of benzene rings is 1. The molecule has 1 aromatic carbocycles. The molecule has 126 valence electrons. The Labute approximate surface area is 149 Å². The zero-order valence-corrected chi connectivity index (χ0v) is 15.0. The minimum absolute atomic E-state index is 0.0156. The second-order valence-electron chi connectivity index (χ2n) is 6.14. The van der Waals surface area contributed by atoms with Crippen molar-refractivity contribution in [3.63, 3.8) is 0 Å². The highest BCUT2D eigenvalue weighted by Gasteiger charge is 2.39. The molecule has 7 heteroatoms. The summed E-state index contributed by atoms with van der Waals surface area (Å²) in [4.78, 5) is 17.8. The summed E-state index contributed by atoms with van der Waals surface area (Å²) in [6.45, 7) is 0. The summed E-state index contributed by atoms with van der Waals surface area (Å²) in [5, 5.41) is 7.51. The summed E-state index contributed by atoms with van der Waals surface area (Å²) >= 11 is 3.08. The lowest BCUT2D eigenvalue weighted by atomic mass is 9.95. The average Bonchev–Trinajstić information content (AvgIpc) is 3.32. The zero-order chi connectivity index (χ0) is 16.5. The molecule has 3 heterocycles. The van der Waals surface area contributed by atoms with Gasteiger partial charge in [-0.3, -0.25) is 4.79 Å². The molecule has 2 fully saturated rings. The van der Waals surface area contributed by atoms with Gasteiger partial charge in [0.1, 0.15) is 0 Å². The molecular formula is C17H19N3O2S2. The van der Waals surface area contributed by atoms with Crippen LogP contribution in [0.15, 0.2) is 39.7 Å². The quantitative estimate of drug-likeness (QED) is 0.857. The highest BCUT2D eigenvalue weighted by atomic mass is 32.2. The summed E-state index contributed by atoms with van der Waals surface area (Å²) in [6, 6.07) is 9.00. The Hall–Kier alpha value is -1.57. The fourth-order valence-electron chi connectivity index (χ4n) is 3.40. The van der Waals surface area contributed by atoms with Gasteiger partial charge in [0.25, 0.3) is 5.91 Å². The first-order chi connectivity index (χ1) is 11.7. The Kier molecular flexibility index (Phi) is 4.47. The monoisotopic (exact) mass is 361 g/mol. The van der Waals surface area contributed by atoms with Crippen LogP contribution in [0, 0.1) is 0 Å². The Bertz CT molecular complexity index is 732. The van der Waals surface area contributed by atoms with Gasteiger partial charge >= 0.3 is 0 Å². The number of carbonyl (C=O) groups is 1. The van der Waals surface area contributed by atoms with E-state index in [0.29, 0.717) is 17.6 Å². The Morgan fingerprint density at radius 2 is 2.21 bits per heavy atom. The number of nitrogens with one attached hydrogen (secondary N) is 2. The highest BCUT2D eigenvalue weighted by molar-refractivity contribution is 8.01. The molecule has 0 radical (unpaired) electrons. The van der Waals surface area contributed by atoms with Gasteiger partial charge in [-0.2, -0.15) is 0 Å². The summed E-state index contributed by atoms with van der Waals surface area (Å²) in [5.74, 6) is 0.0156. The maximum atomic E-state index is 12.4. The summed E-state index contributed by atoms with van der Waals surface area (Å²) in [5.41, 5.74) is 0.707. The molecule has 1 aromatic heterocycles. The molecule has 3 atom stereocenters. The number of nitrogens with zero attached hydrogens (tertiary/aromatic N) is 1. The molecule has 0 saturated carbocycles. The van der Waals surface area contributed by atoms with Crippen molar-refractivity contribution >= 4 is 29.0 Å². The molecule has 5 nitrogen and oxygen atoms in total. The minimum atomic E-state index is 0.0156. The minimum Gasteiger partial charge on any atom is -0.486 e. The number of rotatable bonds is 5. The van der Waals surface area contributed by atoms with Gasteiger partial charge in [0, 0.05) is 28.6 Å². The van der Waals surface area contributed by atoms with Crippen LogP contribution in [0.25, 0.3) is 0 Å². The third-order valence-corrected chi connectivity index (χ3v) is 6.64. The number of thiazole rings is 1. The van der Waals surface area contributed by atoms with E-state index in [0.717, 1.165) is 20.7 Å². The van der Waals surface area contributed by atoms with Gasteiger partial charge < -0.3 is 15.4 Å². The molecule has 0 spiro atoms. The van der Waals surface area contributed by atoms with Crippen molar-refractivity contribution < 1.29 is 9.53 Å². The average molecular weight is 361 g/mol. The molecule has 2 aromatic rings. The van der Waals surface area contributed by atoms with Crippen LogP contribution in [-0.2, 0) is 0 Å². The largest absolute Gasteiger partial charge is 0.486 e. The van der Waals surface area contributed by atoms with Crippen LogP contribution in [0.4, 0.5) is 0 Å². The van der Waals surface area contributed by atoms with Gasteiger partial charge in [0.05, 0.1) is 13.3 Å². The second-order valence-corrected chi connectivity index (χ2v) is 8.45. The van der Waals surface area contributed by atoms with Crippen molar-refractivity contribution in [2.75, 3.05) is 7.11 Å². The molecule has 2 aliphatic heterocycles. The third kappa shape index (κ3) is 3.29. The molecule has 4 rings (SSSR count). The van der Waals surface area contributed by atoms with E-state index in [1.807, 2.05) is 24.3 Å². The number of fused-ring (bicyclic) bond motifs is 2. The first kappa shape index (κ1) is 15.9. The van der Waals surface area contributed by atoms with E-state index in [9.17, 15) is 4.79 Å². The Balaban J connectivity index is 1.37. The fourth-order valence-corrected chi connectivity index (χ4v) is 5.14. The van der Waals surface area contributed by atoms with Crippen molar-refractivity contribution in [1.29, 1.82) is 0 Å². The van der Waals surface area contributed by atoms with E-state index in [1.54, 1.807) is 25.1 Å². The Morgan fingerprint density at radius 3 is 2.83 bits per heavy atom. The van der Waals surface area contributed by atoms with Crippen molar-refractivity contribution in [3.8, 4) is 5.06 Å². The van der Waals surface area contributed by atoms with Crippen LogP contribution in [0.2, 0.25) is 0 Å². The van der Waals surface area contributed by atoms with E-state index in [-0.39, 0.29) is 11.9 Å². The van der Waals surface area contributed by atoms with E-state index in [2.05, 4.69) is 15.6 Å². The van der Waals surface area contributed by atoms with Gasteiger partial charge in [0.2, 0.25) is 0 Å².